The Hall–Kier alpha value is -10.5. The van der Waals surface area contributed by atoms with Crippen molar-refractivity contribution in [1.29, 1.82) is 0 Å². The smallest absolute Gasteiger partial charge is 0.373 e. The number of hydrazine groups is 1. The van der Waals surface area contributed by atoms with Crippen molar-refractivity contribution in [2.45, 2.75) is 81.4 Å². The number of nitrogens with two attached hydrogens (primary N) is 4. The highest BCUT2D eigenvalue weighted by atomic mass is 35.5. The molecule has 0 atom stereocenters. The maximum atomic E-state index is 12.3. The number of hydrogen-bond acceptors (Lipinski definition) is 30. The van der Waals surface area contributed by atoms with E-state index in [1.807, 2.05) is 111 Å². The van der Waals surface area contributed by atoms with Gasteiger partial charge in [-0.3, -0.25) is 44.8 Å². The number of ether oxygens (including phenoxy) is 11. The van der Waals surface area contributed by atoms with Gasteiger partial charge in [-0.25, -0.2) is 0 Å². The summed E-state index contributed by atoms with van der Waals surface area (Å²) < 4.78 is 84.4. The van der Waals surface area contributed by atoms with Crippen molar-refractivity contribution in [3.63, 3.8) is 0 Å². The number of rotatable bonds is 42. The maximum absolute atomic E-state index is 12.3. The Kier molecular flexibility index (Phi) is 66.1. The van der Waals surface area contributed by atoms with Crippen LogP contribution in [-0.4, -0.2) is 237 Å². The molecule has 0 unspecified atom stereocenters. The molecule has 2 aliphatic heterocycles. The molecule has 4 amide bonds. The number of nitrogens with one attached hydrogen (secondary N) is 2. The first-order chi connectivity index (χ1) is 58.0. The fourth-order valence-corrected chi connectivity index (χ4v) is 10.2. The Morgan fingerprint density at radius 2 is 0.593 bits per heavy atom. The zero-order valence-electron chi connectivity index (χ0n) is 70.9. The van der Waals surface area contributed by atoms with E-state index in [1.165, 1.54) is 21.9 Å². The summed E-state index contributed by atoms with van der Waals surface area (Å²) in [5, 5.41) is 57.8. The van der Waals surface area contributed by atoms with Gasteiger partial charge in [0.05, 0.1) is 94.5 Å². The van der Waals surface area contributed by atoms with E-state index in [2.05, 4.69) is 40.2 Å². The summed E-state index contributed by atoms with van der Waals surface area (Å²) in [5.74, 6) is 14.9. The summed E-state index contributed by atoms with van der Waals surface area (Å²) in [5.41, 5.74) is 12.4. The fraction of sp³-hybridized carbons (Fsp3) is 0.395. The number of nitrogens with zero attached hydrogens (tertiary/aromatic N) is 2. The van der Waals surface area contributed by atoms with Crippen LogP contribution in [0.1, 0.15) is 109 Å². The number of aromatic hydroxyl groups is 1. The van der Waals surface area contributed by atoms with Crippen molar-refractivity contribution in [3.8, 4) is 69.0 Å². The van der Waals surface area contributed by atoms with E-state index >= 15 is 0 Å². The molecule has 8 aromatic carbocycles. The van der Waals surface area contributed by atoms with Gasteiger partial charge in [0.1, 0.15) is 109 Å². The van der Waals surface area contributed by atoms with E-state index in [0.29, 0.717) is 130 Å². The lowest BCUT2D eigenvalue weighted by molar-refractivity contribution is 0.0617. The second-order valence-electron chi connectivity index (χ2n) is 24.9. The first-order valence-corrected chi connectivity index (χ1v) is 41.2. The molecule has 8 aromatic rings. The van der Waals surface area contributed by atoms with Gasteiger partial charge in [0.25, 0.3) is 33.7 Å². The summed E-state index contributed by atoms with van der Waals surface area (Å²) in [6.07, 6.45) is 4.71. The van der Waals surface area contributed by atoms with Crippen LogP contribution in [0, 0.1) is 0 Å². The average Bonchev–Trinajstić information content (AvgIpc) is 1.65. The van der Waals surface area contributed by atoms with Gasteiger partial charge < -0.3 is 110 Å². The molecule has 123 heavy (non-hydrogen) atoms. The number of carbonyl (C=O) groups excluding carboxylic acids is 4. The minimum atomic E-state index is -3.19. The molecule has 0 radical (unpaired) electrons. The van der Waals surface area contributed by atoms with E-state index in [9.17, 15) is 32.7 Å². The van der Waals surface area contributed by atoms with Crippen LogP contribution in [0.3, 0.4) is 0 Å². The van der Waals surface area contributed by atoms with Crippen LogP contribution in [0.25, 0.3) is 0 Å². The van der Waals surface area contributed by atoms with Crippen LogP contribution in [0.15, 0.2) is 194 Å². The van der Waals surface area contributed by atoms with Gasteiger partial charge in [0, 0.05) is 69.2 Å². The first kappa shape index (κ1) is 115. The predicted octanol–water partition coefficient (Wildman–Crippen LogP) is 8.54. The molecule has 0 saturated carbocycles. The molecule has 682 valence electrons. The summed E-state index contributed by atoms with van der Waals surface area (Å²) in [4.78, 5) is 51.1. The number of phenols is 1. The van der Waals surface area contributed by atoms with E-state index in [4.69, 9.17) is 88.9 Å². The molecular weight excluding hydrogens is 1630 g/mol. The maximum Gasteiger partial charge on any atom is 0.373 e. The van der Waals surface area contributed by atoms with Crippen LogP contribution < -0.4 is 85.7 Å². The van der Waals surface area contributed by atoms with Gasteiger partial charge in [-0.1, -0.05) is 95.8 Å². The van der Waals surface area contributed by atoms with Crippen LogP contribution >= 0.6 is 12.4 Å². The number of hydrogen-bond donors (Lipinski definition) is 12. The van der Waals surface area contributed by atoms with Crippen LogP contribution in [0.5, 0.6) is 69.0 Å². The van der Waals surface area contributed by atoms with Crippen molar-refractivity contribution in [2.75, 3.05) is 145 Å². The molecule has 0 bridgehead atoms. The number of carbonyl (C=O) groups is 4. The Morgan fingerprint density at radius 3 is 0.813 bits per heavy atom. The SMILES string of the molecule is C.CB(O)NCCOc1cccc(OCCO)c1.CCCOS(C)(=O)=O.CCCOc1cccc(OCCN)c1.CCCOc1cccc(OCCN2C(=O)c3ccccc3C2=O)c1.CCCOc1cccc(OCCNB(C)O)c1.CCO.Cl.NCCOc1cccc(OCCO)c1.NN.O.O=C1c2ccccc2C(=O)N1CCOc1cccc(O)c1. The molecular formula is C86H129B2ClN8O25S. The number of aliphatic hydroxyl groups excluding tert-OH is 3. The topological polar surface area (TPSA) is 501 Å². The highest BCUT2D eigenvalue weighted by molar-refractivity contribution is 7.86. The number of halogens is 1. The molecule has 0 spiro atoms. The predicted molar refractivity (Wildman–Crippen MR) is 481 cm³/mol. The van der Waals surface area contributed by atoms with E-state index in [0.717, 1.165) is 73.0 Å². The second-order valence-corrected chi connectivity index (χ2v) is 26.6. The fourth-order valence-electron chi connectivity index (χ4n) is 9.68. The first-order valence-electron chi connectivity index (χ1n) is 39.4. The summed E-state index contributed by atoms with van der Waals surface area (Å²) in [7, 11) is -4.22. The Labute approximate surface area is 731 Å². The lowest BCUT2D eigenvalue weighted by Crippen LogP contribution is -2.33. The van der Waals surface area contributed by atoms with Crippen molar-refractivity contribution in [1.82, 2.24) is 20.3 Å². The summed E-state index contributed by atoms with van der Waals surface area (Å²) in [6, 6.07) is 57.0. The van der Waals surface area contributed by atoms with Gasteiger partial charge in [-0.2, -0.15) is 8.42 Å². The van der Waals surface area contributed by atoms with Gasteiger partial charge in [-0.15, -0.1) is 12.4 Å². The number of aliphatic hydroxyl groups is 3. The average molecular weight is 1760 g/mol. The monoisotopic (exact) mass is 1760 g/mol. The van der Waals surface area contributed by atoms with Crippen molar-refractivity contribution >= 4 is 60.3 Å². The molecule has 0 aromatic heterocycles. The van der Waals surface area contributed by atoms with Crippen LogP contribution in [0.4, 0.5) is 0 Å². The van der Waals surface area contributed by atoms with Gasteiger partial charge in [0.2, 0.25) is 0 Å². The normalized spacial score (nSPS) is 10.8. The number of imide groups is 2. The van der Waals surface area contributed by atoms with Crippen molar-refractivity contribution in [3.05, 3.63) is 216 Å². The van der Waals surface area contributed by atoms with Crippen LogP contribution in [-0.2, 0) is 14.3 Å². The minimum Gasteiger partial charge on any atom is -0.508 e. The molecule has 0 saturated heterocycles. The second kappa shape index (κ2) is 71.0. The van der Waals surface area contributed by atoms with Crippen molar-refractivity contribution in [2.24, 2.45) is 23.2 Å². The zero-order valence-corrected chi connectivity index (χ0v) is 72.5. The van der Waals surface area contributed by atoms with Gasteiger partial charge >= 0.3 is 14.1 Å². The lowest BCUT2D eigenvalue weighted by atomic mass is 9.89. The molecule has 18 N–H and O–H groups in total. The zero-order chi connectivity index (χ0) is 88.6. The molecule has 0 aliphatic carbocycles. The third-order valence-electron chi connectivity index (χ3n) is 14.8. The van der Waals surface area contributed by atoms with Crippen LogP contribution in [0.2, 0.25) is 13.6 Å². The number of phenolic OH excluding ortho intramolecular Hbond substituents is 1. The number of benzene rings is 8. The van der Waals surface area contributed by atoms with Gasteiger partial charge in [0.15, 0.2) is 0 Å². The standard InChI is InChI=1S/C19H19NO4.C16H13NO4.C12H20BNO3.C11H18BNO4.C11H17NO2.C10H15NO3.C4H10O3S.C2H6O.CH4.ClH.H4N2.H2O/c1-2-11-23-14-6-5-7-15(13-14)24-12-10-20-18(21)16-8-3-4-9-17(16)19(20)22;18-11-4-3-5-12(10-11)21-9-8-17-15(19)13-6-1-2-7-14(13)16(17)20;1-3-8-16-11-5-4-6-12(10-11)17-9-7-14-13(2)15;1-12(15)13-5-7-16-10-3-2-4-11(9-10)17-8-6-14;1-2-7-13-10-4-3-5-11(9-10)14-8-6-12;11-4-6-13-9-2-1-3-10(8-9)14-7-5-12;1-3-4-7-8(2,5)6;1-2-3;;;1-2;/h3-9,13H,2,10-12H2,1H3;1-7,10,18H,8-9H2;4-6,10,14-15H,3,7-9H2,1-2H3;2-4,9,13-15H,5-8H2,1H3;3-5,9H,2,6-8,12H2,1H3;1-3,8,12H,4-7,11H2;3-4H2,1-2H3;3H,2H2,1H3;1H4;1H;1-2H2;1H2. The van der Waals surface area contributed by atoms with Crippen molar-refractivity contribution < 1.29 is 120 Å². The molecule has 2 heterocycles. The Balaban J connectivity index is 0. The highest BCUT2D eigenvalue weighted by Crippen LogP contribution is 2.27. The summed E-state index contributed by atoms with van der Waals surface area (Å²) in [6.45, 7) is 21.3. The molecule has 33 nitrogen and oxygen atoms in total. The molecule has 0 fully saturated rings. The van der Waals surface area contributed by atoms with E-state index in [-0.39, 0.29) is 107 Å². The third-order valence-corrected chi connectivity index (χ3v) is 15.4. The lowest BCUT2D eigenvalue weighted by Gasteiger charge is -2.14. The number of amides is 4. The molecule has 37 heteroatoms. The Bertz CT molecular complexity index is 4000. The third kappa shape index (κ3) is 50.6. The molecule has 10 rings (SSSR count). The van der Waals surface area contributed by atoms with E-state index < -0.39 is 24.2 Å². The van der Waals surface area contributed by atoms with E-state index in [1.54, 1.807) is 105 Å². The molecule has 2 aliphatic rings. The number of fused-ring (bicyclic) bond motifs is 2. The quantitative estimate of drug-likeness (QED) is 0.00425. The van der Waals surface area contributed by atoms with Gasteiger partial charge in [-0.05, 0) is 143 Å². The minimum absolute atomic E-state index is 0. The Morgan fingerprint density at radius 1 is 0.366 bits per heavy atom. The summed E-state index contributed by atoms with van der Waals surface area (Å²) >= 11 is 0. The highest BCUT2D eigenvalue weighted by Gasteiger charge is 2.36. The largest absolute Gasteiger partial charge is 0.508 e.